The van der Waals surface area contributed by atoms with Gasteiger partial charge < -0.3 is 11.1 Å². The fraction of sp³-hybridized carbons (Fsp3) is 0.500. The van der Waals surface area contributed by atoms with E-state index in [1.807, 2.05) is 0 Å². The van der Waals surface area contributed by atoms with Gasteiger partial charge in [-0.25, -0.2) is 8.78 Å². The highest BCUT2D eigenvalue weighted by atomic mass is 35.5. The molecule has 0 saturated heterocycles. The highest BCUT2D eigenvalue weighted by molar-refractivity contribution is 5.85. The van der Waals surface area contributed by atoms with Crippen molar-refractivity contribution >= 4 is 18.3 Å². The molecule has 0 aromatic heterocycles. The van der Waals surface area contributed by atoms with Crippen LogP contribution >= 0.6 is 12.4 Å². The minimum absolute atomic E-state index is 0. The van der Waals surface area contributed by atoms with E-state index in [2.05, 4.69) is 5.32 Å². The second kappa shape index (κ2) is 8.44. The van der Waals surface area contributed by atoms with E-state index in [1.165, 1.54) is 19.1 Å². The molecule has 0 fully saturated rings. The second-order valence-electron chi connectivity index (χ2n) is 5.08. The van der Waals surface area contributed by atoms with E-state index in [1.54, 1.807) is 0 Å². The summed E-state index contributed by atoms with van der Waals surface area (Å²) in [4.78, 5) is 11.7. The number of alkyl halides is 5. The normalized spacial score (nSPS) is 13.2. The minimum Gasteiger partial charge on any atom is -0.350 e. The lowest BCUT2D eigenvalue weighted by atomic mass is 9.99. The summed E-state index contributed by atoms with van der Waals surface area (Å²) in [7, 11) is 0. The van der Waals surface area contributed by atoms with Crippen LogP contribution in [0.4, 0.5) is 22.0 Å². The van der Waals surface area contributed by atoms with Gasteiger partial charge in [0.15, 0.2) is 0 Å². The topological polar surface area (TPSA) is 55.1 Å². The molecule has 0 saturated carbocycles. The molecule has 9 heteroatoms. The monoisotopic (exact) mass is 360 g/mol. The van der Waals surface area contributed by atoms with Gasteiger partial charge in [-0.15, -0.1) is 12.4 Å². The zero-order chi connectivity index (χ0) is 17.0. The first-order valence-corrected chi connectivity index (χ1v) is 6.57. The van der Waals surface area contributed by atoms with Crippen molar-refractivity contribution in [3.63, 3.8) is 0 Å². The van der Waals surface area contributed by atoms with Gasteiger partial charge in [0.2, 0.25) is 5.91 Å². The van der Waals surface area contributed by atoms with Crippen LogP contribution < -0.4 is 11.1 Å². The SMILES string of the molecule is CC(Cc1ccc(C(F)(F)F)cc1)C(=O)NCC(F)(F)CN.Cl. The molecular weight excluding hydrogens is 343 g/mol. The summed E-state index contributed by atoms with van der Waals surface area (Å²) >= 11 is 0. The Morgan fingerprint density at radius 3 is 2.13 bits per heavy atom. The molecule has 0 aliphatic heterocycles. The third kappa shape index (κ3) is 7.13. The van der Waals surface area contributed by atoms with Crippen LogP contribution in [0.5, 0.6) is 0 Å². The number of halogens is 6. The maximum absolute atomic E-state index is 12.9. The number of carbonyl (C=O) groups is 1. The molecule has 0 heterocycles. The van der Waals surface area contributed by atoms with E-state index in [4.69, 9.17) is 5.73 Å². The number of benzene rings is 1. The van der Waals surface area contributed by atoms with Crippen molar-refractivity contribution in [1.82, 2.24) is 5.32 Å². The van der Waals surface area contributed by atoms with Gasteiger partial charge in [0.25, 0.3) is 5.92 Å². The first-order valence-electron chi connectivity index (χ1n) is 6.57. The summed E-state index contributed by atoms with van der Waals surface area (Å²) in [6.45, 7) is -0.228. The van der Waals surface area contributed by atoms with E-state index < -0.39 is 42.6 Å². The van der Waals surface area contributed by atoms with Crippen molar-refractivity contribution in [2.45, 2.75) is 25.4 Å². The third-order valence-electron chi connectivity index (χ3n) is 3.09. The predicted molar refractivity (Wildman–Crippen MR) is 78.6 cm³/mol. The highest BCUT2D eigenvalue weighted by Gasteiger charge is 2.30. The lowest BCUT2D eigenvalue weighted by Gasteiger charge is -2.17. The van der Waals surface area contributed by atoms with Crippen LogP contribution in [0.2, 0.25) is 0 Å². The molecule has 1 aromatic carbocycles. The number of rotatable bonds is 6. The molecule has 1 amide bonds. The number of carbonyl (C=O) groups excluding carboxylic acids is 1. The average molecular weight is 361 g/mol. The van der Waals surface area contributed by atoms with E-state index in [0.29, 0.717) is 5.56 Å². The molecule has 23 heavy (non-hydrogen) atoms. The zero-order valence-electron chi connectivity index (χ0n) is 12.3. The quantitative estimate of drug-likeness (QED) is 0.766. The van der Waals surface area contributed by atoms with Crippen LogP contribution in [-0.2, 0) is 17.4 Å². The standard InChI is InChI=1S/C14H17F5N2O.ClH/c1-9(12(22)21-8-13(15,16)7-20)6-10-2-4-11(5-3-10)14(17,18)19;/h2-5,9H,6-8,20H2,1H3,(H,21,22);1H. The summed E-state index contributed by atoms with van der Waals surface area (Å²) in [5.41, 5.74) is 4.58. The molecule has 1 unspecified atom stereocenters. The Hall–Kier alpha value is -1.41. The van der Waals surface area contributed by atoms with Crippen molar-refractivity contribution in [2.24, 2.45) is 11.7 Å². The maximum atomic E-state index is 12.9. The first kappa shape index (κ1) is 21.6. The van der Waals surface area contributed by atoms with E-state index in [-0.39, 0.29) is 18.8 Å². The molecule has 1 aromatic rings. The Labute approximate surface area is 136 Å². The Bertz CT molecular complexity index is 505. The predicted octanol–water partition coefficient (Wildman–Crippen LogP) is 3.02. The van der Waals surface area contributed by atoms with Gasteiger partial charge in [0, 0.05) is 5.92 Å². The van der Waals surface area contributed by atoms with Crippen molar-refractivity contribution in [2.75, 3.05) is 13.1 Å². The highest BCUT2D eigenvalue weighted by Crippen LogP contribution is 2.29. The van der Waals surface area contributed by atoms with Crippen LogP contribution in [0.25, 0.3) is 0 Å². The smallest absolute Gasteiger partial charge is 0.350 e. The van der Waals surface area contributed by atoms with Gasteiger partial charge >= 0.3 is 6.18 Å². The van der Waals surface area contributed by atoms with E-state index >= 15 is 0 Å². The molecule has 0 aliphatic rings. The average Bonchev–Trinajstić information content (AvgIpc) is 2.44. The molecule has 3 N–H and O–H groups in total. The molecule has 0 aliphatic carbocycles. The fourth-order valence-corrected chi connectivity index (χ4v) is 1.74. The Kier molecular flexibility index (Phi) is 7.93. The van der Waals surface area contributed by atoms with Crippen molar-refractivity contribution < 1.29 is 26.7 Å². The number of nitrogens with one attached hydrogen (secondary N) is 1. The lowest BCUT2D eigenvalue weighted by molar-refractivity contribution is -0.137. The molecule has 3 nitrogen and oxygen atoms in total. The van der Waals surface area contributed by atoms with Crippen LogP contribution in [0.3, 0.4) is 0 Å². The van der Waals surface area contributed by atoms with Gasteiger partial charge in [-0.05, 0) is 24.1 Å². The Morgan fingerprint density at radius 2 is 1.70 bits per heavy atom. The molecule has 0 bridgehead atoms. The first-order chi connectivity index (χ1) is 10.0. The molecule has 0 spiro atoms. The summed E-state index contributed by atoms with van der Waals surface area (Å²) in [5.74, 6) is -4.43. The van der Waals surface area contributed by atoms with Crippen LogP contribution in [0.1, 0.15) is 18.1 Å². The summed E-state index contributed by atoms with van der Waals surface area (Å²) in [6.07, 6.45) is -4.27. The van der Waals surface area contributed by atoms with Crippen LogP contribution in [0, 0.1) is 5.92 Å². The molecule has 1 atom stereocenters. The van der Waals surface area contributed by atoms with Gasteiger partial charge in [-0.1, -0.05) is 19.1 Å². The maximum Gasteiger partial charge on any atom is 0.416 e. The zero-order valence-corrected chi connectivity index (χ0v) is 13.1. The second-order valence-corrected chi connectivity index (χ2v) is 5.08. The largest absolute Gasteiger partial charge is 0.416 e. The Balaban J connectivity index is 0.00000484. The van der Waals surface area contributed by atoms with Crippen molar-refractivity contribution in [1.29, 1.82) is 0 Å². The van der Waals surface area contributed by atoms with Gasteiger partial charge in [-0.3, -0.25) is 4.79 Å². The number of hydrogen-bond donors (Lipinski definition) is 2. The van der Waals surface area contributed by atoms with Crippen molar-refractivity contribution in [3.8, 4) is 0 Å². The Morgan fingerprint density at radius 1 is 1.17 bits per heavy atom. The van der Waals surface area contributed by atoms with Crippen molar-refractivity contribution in [3.05, 3.63) is 35.4 Å². The molecule has 1 rings (SSSR count). The van der Waals surface area contributed by atoms with E-state index in [9.17, 15) is 26.7 Å². The van der Waals surface area contributed by atoms with Gasteiger partial charge in [0.05, 0.1) is 18.7 Å². The molecule has 0 radical (unpaired) electrons. The minimum atomic E-state index is -4.42. The molecular formula is C14H18ClF5N2O. The summed E-state index contributed by atoms with van der Waals surface area (Å²) in [6, 6.07) is 4.37. The van der Waals surface area contributed by atoms with Crippen LogP contribution in [0.15, 0.2) is 24.3 Å². The van der Waals surface area contributed by atoms with Crippen LogP contribution in [-0.4, -0.2) is 24.9 Å². The third-order valence-corrected chi connectivity index (χ3v) is 3.09. The lowest BCUT2D eigenvalue weighted by Crippen LogP contribution is -2.43. The number of nitrogens with two attached hydrogens (primary N) is 1. The fourth-order valence-electron chi connectivity index (χ4n) is 1.74. The number of amides is 1. The number of hydrogen-bond acceptors (Lipinski definition) is 2. The van der Waals surface area contributed by atoms with Gasteiger partial charge in [-0.2, -0.15) is 13.2 Å². The summed E-state index contributed by atoms with van der Waals surface area (Å²) in [5, 5.41) is 2.08. The van der Waals surface area contributed by atoms with E-state index in [0.717, 1.165) is 12.1 Å². The molecule has 132 valence electrons. The summed E-state index contributed by atoms with van der Waals surface area (Å²) < 4.78 is 63.1. The van der Waals surface area contributed by atoms with Gasteiger partial charge in [0.1, 0.15) is 0 Å².